The zero-order chi connectivity index (χ0) is 24.1. The first-order valence-corrected chi connectivity index (χ1v) is 12.4. The third-order valence-corrected chi connectivity index (χ3v) is 6.98. The highest BCUT2D eigenvalue weighted by atomic mass is 16.7. The summed E-state index contributed by atoms with van der Waals surface area (Å²) in [5, 5.41) is 0. The van der Waals surface area contributed by atoms with Crippen molar-refractivity contribution in [3.05, 3.63) is 113 Å². The molecule has 1 N–H and O–H groups in total. The third-order valence-electron chi connectivity index (χ3n) is 6.98. The first kappa shape index (κ1) is 23.2. The van der Waals surface area contributed by atoms with Gasteiger partial charge in [0.05, 0.1) is 11.9 Å². The highest BCUT2D eigenvalue weighted by Gasteiger charge is 2.41. The summed E-state index contributed by atoms with van der Waals surface area (Å²) in [4.78, 5) is 10.3. The zero-order valence-corrected chi connectivity index (χ0v) is 20.5. The van der Waals surface area contributed by atoms with Crippen molar-refractivity contribution in [2.45, 2.75) is 45.2 Å². The second-order valence-electron chi connectivity index (χ2n) is 9.26. The molecule has 5 heteroatoms. The quantitative estimate of drug-likeness (QED) is 0.300. The Labute approximate surface area is 207 Å². The molecule has 0 bridgehead atoms. The van der Waals surface area contributed by atoms with Gasteiger partial charge in [-0.2, -0.15) is 0 Å². The van der Waals surface area contributed by atoms with Crippen LogP contribution in [0.2, 0.25) is 0 Å². The average Bonchev–Trinajstić information content (AvgIpc) is 3.58. The SMILES string of the molecule is CCCCN(Cc1cnc[nH]1)C(Cc1ccc2c(c1)OCO2)(c1ccccc1)c1ccccc1C. The van der Waals surface area contributed by atoms with Crippen molar-refractivity contribution in [1.82, 2.24) is 14.9 Å². The maximum atomic E-state index is 5.75. The maximum absolute atomic E-state index is 5.75. The van der Waals surface area contributed by atoms with E-state index in [1.165, 1.54) is 22.3 Å². The number of aromatic amines is 1. The Morgan fingerprint density at radius 3 is 2.54 bits per heavy atom. The van der Waals surface area contributed by atoms with Crippen LogP contribution < -0.4 is 9.47 Å². The minimum absolute atomic E-state index is 0.281. The van der Waals surface area contributed by atoms with Crippen molar-refractivity contribution in [3.63, 3.8) is 0 Å². The van der Waals surface area contributed by atoms with Gasteiger partial charge in [-0.05, 0) is 60.7 Å². The van der Waals surface area contributed by atoms with Crippen molar-refractivity contribution in [2.75, 3.05) is 13.3 Å². The first-order valence-electron chi connectivity index (χ1n) is 12.4. The summed E-state index contributed by atoms with van der Waals surface area (Å²) in [6, 6.07) is 26.1. The molecular formula is C30H33N3O2. The molecule has 0 spiro atoms. The maximum Gasteiger partial charge on any atom is 0.231 e. The summed E-state index contributed by atoms with van der Waals surface area (Å²) < 4.78 is 11.3. The fourth-order valence-corrected chi connectivity index (χ4v) is 5.25. The van der Waals surface area contributed by atoms with Crippen LogP contribution >= 0.6 is 0 Å². The molecule has 0 saturated carbocycles. The van der Waals surface area contributed by atoms with Crippen molar-refractivity contribution in [2.24, 2.45) is 0 Å². The van der Waals surface area contributed by atoms with Crippen LogP contribution in [-0.4, -0.2) is 28.2 Å². The number of hydrogen-bond donors (Lipinski definition) is 1. The van der Waals surface area contributed by atoms with E-state index in [1.54, 1.807) is 6.33 Å². The van der Waals surface area contributed by atoms with Crippen LogP contribution in [0, 0.1) is 6.92 Å². The summed E-state index contributed by atoms with van der Waals surface area (Å²) in [5.41, 5.74) is 5.82. The molecule has 5 nitrogen and oxygen atoms in total. The molecule has 1 aliphatic rings. The lowest BCUT2D eigenvalue weighted by molar-refractivity contribution is 0.107. The number of fused-ring (bicyclic) bond motifs is 1. The van der Waals surface area contributed by atoms with Gasteiger partial charge in [0.1, 0.15) is 0 Å². The van der Waals surface area contributed by atoms with Crippen molar-refractivity contribution >= 4 is 0 Å². The predicted molar refractivity (Wildman–Crippen MR) is 139 cm³/mol. The molecule has 35 heavy (non-hydrogen) atoms. The molecule has 0 radical (unpaired) electrons. The summed E-state index contributed by atoms with van der Waals surface area (Å²) in [6.07, 6.45) is 6.74. The summed E-state index contributed by atoms with van der Waals surface area (Å²) in [6.45, 7) is 6.49. The largest absolute Gasteiger partial charge is 0.454 e. The molecule has 2 heterocycles. The van der Waals surface area contributed by atoms with E-state index in [9.17, 15) is 0 Å². The Morgan fingerprint density at radius 2 is 1.77 bits per heavy atom. The molecule has 0 aliphatic carbocycles. The lowest BCUT2D eigenvalue weighted by Gasteiger charge is -2.46. The molecule has 1 atom stereocenters. The summed E-state index contributed by atoms with van der Waals surface area (Å²) in [5.74, 6) is 1.64. The zero-order valence-electron chi connectivity index (χ0n) is 20.5. The third kappa shape index (κ3) is 4.69. The number of benzene rings is 3. The van der Waals surface area contributed by atoms with E-state index in [-0.39, 0.29) is 12.3 Å². The smallest absolute Gasteiger partial charge is 0.231 e. The molecule has 3 aromatic carbocycles. The molecule has 1 unspecified atom stereocenters. The van der Waals surface area contributed by atoms with Crippen molar-refractivity contribution in [3.8, 4) is 11.5 Å². The van der Waals surface area contributed by atoms with E-state index in [0.717, 1.165) is 49.5 Å². The van der Waals surface area contributed by atoms with E-state index < -0.39 is 0 Å². The highest BCUT2D eigenvalue weighted by molar-refractivity contribution is 5.49. The van der Waals surface area contributed by atoms with Gasteiger partial charge in [-0.3, -0.25) is 4.90 Å². The molecule has 0 amide bonds. The monoisotopic (exact) mass is 467 g/mol. The molecule has 5 rings (SSSR count). The molecule has 4 aromatic rings. The summed E-state index contributed by atoms with van der Waals surface area (Å²) in [7, 11) is 0. The first-order chi connectivity index (χ1) is 17.2. The second kappa shape index (κ2) is 10.4. The number of nitrogens with zero attached hydrogens (tertiary/aromatic N) is 2. The normalized spacial score (nSPS) is 14.3. The van der Waals surface area contributed by atoms with Crippen LogP contribution in [0.15, 0.2) is 85.3 Å². The van der Waals surface area contributed by atoms with Gasteiger partial charge < -0.3 is 14.5 Å². The molecule has 180 valence electrons. The fraction of sp³-hybridized carbons (Fsp3) is 0.300. The number of rotatable bonds is 10. The number of ether oxygens (including phenoxy) is 2. The molecule has 0 fully saturated rings. The molecule has 1 aromatic heterocycles. The number of H-pyrrole nitrogens is 1. The second-order valence-corrected chi connectivity index (χ2v) is 9.26. The number of aromatic nitrogens is 2. The Kier molecular flexibility index (Phi) is 6.87. The molecule has 1 aliphatic heterocycles. The van der Waals surface area contributed by atoms with Crippen LogP contribution in [0.5, 0.6) is 11.5 Å². The number of hydrogen-bond acceptors (Lipinski definition) is 4. The van der Waals surface area contributed by atoms with Crippen LogP contribution in [0.4, 0.5) is 0 Å². The lowest BCUT2D eigenvalue weighted by Crippen LogP contribution is -2.49. The predicted octanol–water partition coefficient (Wildman–Crippen LogP) is 6.24. The number of nitrogens with one attached hydrogen (secondary N) is 1. The van der Waals surface area contributed by atoms with E-state index >= 15 is 0 Å². The Bertz CT molecular complexity index is 1240. The molecular weight excluding hydrogens is 434 g/mol. The van der Waals surface area contributed by atoms with E-state index in [0.29, 0.717) is 0 Å². The Balaban J connectivity index is 1.72. The minimum Gasteiger partial charge on any atom is -0.454 e. The van der Waals surface area contributed by atoms with Crippen molar-refractivity contribution < 1.29 is 9.47 Å². The summed E-state index contributed by atoms with van der Waals surface area (Å²) >= 11 is 0. The van der Waals surface area contributed by atoms with Gasteiger partial charge >= 0.3 is 0 Å². The minimum atomic E-state index is -0.388. The van der Waals surface area contributed by atoms with Gasteiger partial charge in [0.15, 0.2) is 11.5 Å². The Morgan fingerprint density at radius 1 is 0.971 bits per heavy atom. The van der Waals surface area contributed by atoms with E-state index in [2.05, 4.69) is 95.4 Å². The van der Waals surface area contributed by atoms with E-state index in [4.69, 9.17) is 9.47 Å². The van der Waals surface area contributed by atoms with Gasteiger partial charge in [-0.15, -0.1) is 0 Å². The van der Waals surface area contributed by atoms with Crippen LogP contribution in [0.25, 0.3) is 0 Å². The molecule has 0 saturated heterocycles. The van der Waals surface area contributed by atoms with Gasteiger partial charge in [-0.1, -0.05) is 74.0 Å². The number of unbranched alkanes of at least 4 members (excludes halogenated alkanes) is 1. The van der Waals surface area contributed by atoms with Crippen LogP contribution in [0.3, 0.4) is 0 Å². The van der Waals surface area contributed by atoms with Crippen molar-refractivity contribution in [1.29, 1.82) is 0 Å². The number of imidazole rings is 1. The van der Waals surface area contributed by atoms with Gasteiger partial charge in [0.25, 0.3) is 0 Å². The topological polar surface area (TPSA) is 50.4 Å². The van der Waals surface area contributed by atoms with E-state index in [1.807, 2.05) is 12.3 Å². The van der Waals surface area contributed by atoms with Gasteiger partial charge in [-0.25, -0.2) is 4.98 Å². The van der Waals surface area contributed by atoms with Crippen LogP contribution in [-0.2, 0) is 18.5 Å². The van der Waals surface area contributed by atoms with Crippen LogP contribution in [0.1, 0.15) is 47.7 Å². The lowest BCUT2D eigenvalue weighted by atomic mass is 9.74. The average molecular weight is 468 g/mol. The van der Waals surface area contributed by atoms with Gasteiger partial charge in [0, 0.05) is 18.4 Å². The number of aryl methyl sites for hydroxylation is 1. The fourth-order valence-electron chi connectivity index (χ4n) is 5.25. The Hall–Kier alpha value is -3.57. The van der Waals surface area contributed by atoms with Gasteiger partial charge in [0.2, 0.25) is 6.79 Å². The standard InChI is InChI=1S/C30H33N3O2/c1-3-4-16-33(20-26-19-31-21-32-26)30(25-11-6-5-7-12-25,27-13-9-8-10-23(27)2)18-24-14-15-28-29(17-24)35-22-34-28/h5-15,17,19,21H,3-4,16,18,20,22H2,1-2H3,(H,31,32). The highest BCUT2D eigenvalue weighted by Crippen LogP contribution is 2.43.